The molecule has 1 aromatic carbocycles. The first-order valence-corrected chi connectivity index (χ1v) is 14.5. The lowest BCUT2D eigenvalue weighted by molar-refractivity contribution is -0.121. The third-order valence-corrected chi connectivity index (χ3v) is 8.53. The zero-order valence-electron chi connectivity index (χ0n) is 23.8. The third kappa shape index (κ3) is 5.98. The number of hydrogen-bond donors (Lipinski definition) is 3. The number of rotatable bonds is 8. The Balaban J connectivity index is 1.39. The fourth-order valence-electron chi connectivity index (χ4n) is 5.61. The summed E-state index contributed by atoms with van der Waals surface area (Å²) in [4.78, 5) is 48.7. The molecule has 5 rings (SSSR count). The van der Waals surface area contributed by atoms with Crippen molar-refractivity contribution in [1.29, 1.82) is 0 Å². The van der Waals surface area contributed by atoms with E-state index in [1.165, 1.54) is 36.2 Å². The van der Waals surface area contributed by atoms with E-state index in [4.69, 9.17) is 11.6 Å². The lowest BCUT2D eigenvalue weighted by Gasteiger charge is -2.41. The summed E-state index contributed by atoms with van der Waals surface area (Å²) in [5.74, 6) is -3.80. The minimum Gasteiger partial charge on any atom is -0.356 e. The molecule has 0 saturated carbocycles. The Morgan fingerprint density at radius 2 is 1.90 bits per heavy atom. The number of hydrogen-bond acceptors (Lipinski definition) is 8. The van der Waals surface area contributed by atoms with Crippen LogP contribution in [0.25, 0.3) is 11.0 Å². The van der Waals surface area contributed by atoms with Crippen molar-refractivity contribution in [1.82, 2.24) is 29.7 Å². The van der Waals surface area contributed by atoms with Crippen molar-refractivity contribution in [3.63, 3.8) is 0 Å². The number of anilines is 3. The summed E-state index contributed by atoms with van der Waals surface area (Å²) in [5, 5.41) is 9.53. The van der Waals surface area contributed by atoms with Crippen LogP contribution in [0.5, 0.6) is 0 Å². The van der Waals surface area contributed by atoms with Gasteiger partial charge in [-0.3, -0.25) is 14.4 Å². The van der Waals surface area contributed by atoms with E-state index in [0.29, 0.717) is 29.2 Å². The number of piperidine rings is 1. The Morgan fingerprint density at radius 1 is 1.17 bits per heavy atom. The molecule has 2 aliphatic rings. The van der Waals surface area contributed by atoms with Crippen LogP contribution < -0.4 is 32.0 Å². The van der Waals surface area contributed by atoms with Gasteiger partial charge in [0.25, 0.3) is 5.92 Å². The predicted molar refractivity (Wildman–Crippen MR) is 158 cm³/mol. The van der Waals surface area contributed by atoms with Gasteiger partial charge in [0.1, 0.15) is 5.02 Å². The molecule has 42 heavy (non-hydrogen) atoms. The highest BCUT2D eigenvalue weighted by Crippen LogP contribution is 2.39. The summed E-state index contributed by atoms with van der Waals surface area (Å²) < 4.78 is 31.3. The van der Waals surface area contributed by atoms with Gasteiger partial charge in [-0.05, 0) is 43.6 Å². The van der Waals surface area contributed by atoms with Gasteiger partial charge in [-0.1, -0.05) is 25.4 Å². The van der Waals surface area contributed by atoms with Gasteiger partial charge in [0.15, 0.2) is 5.82 Å². The van der Waals surface area contributed by atoms with Crippen molar-refractivity contribution in [3.8, 4) is 0 Å². The number of amides is 1. The van der Waals surface area contributed by atoms with Crippen molar-refractivity contribution < 1.29 is 13.6 Å². The highest BCUT2D eigenvalue weighted by Gasteiger charge is 2.47. The number of halogens is 3. The van der Waals surface area contributed by atoms with Gasteiger partial charge in [-0.2, -0.15) is 4.98 Å². The third-order valence-electron chi connectivity index (χ3n) is 8.25. The summed E-state index contributed by atoms with van der Waals surface area (Å²) in [5.41, 5.74) is 0.0496. The average Bonchev–Trinajstić information content (AvgIpc) is 3.48. The summed E-state index contributed by atoms with van der Waals surface area (Å²) in [6.07, 6.45) is 2.45. The van der Waals surface area contributed by atoms with Gasteiger partial charge in [-0.15, -0.1) is 0 Å². The number of benzene rings is 1. The summed E-state index contributed by atoms with van der Waals surface area (Å²) in [6.45, 7) is 5.59. The van der Waals surface area contributed by atoms with Gasteiger partial charge in [0.2, 0.25) is 11.9 Å². The lowest BCUT2D eigenvalue weighted by atomic mass is 9.87. The molecular weight excluding hydrogens is 570 g/mol. The van der Waals surface area contributed by atoms with Crippen LogP contribution in [0.15, 0.2) is 34.0 Å². The van der Waals surface area contributed by atoms with Gasteiger partial charge in [0.05, 0.1) is 17.2 Å². The number of alkyl halides is 2. The van der Waals surface area contributed by atoms with Crippen molar-refractivity contribution in [3.05, 3.63) is 50.1 Å². The van der Waals surface area contributed by atoms with E-state index in [1.807, 2.05) is 0 Å². The van der Waals surface area contributed by atoms with Crippen molar-refractivity contribution >= 4 is 46.0 Å². The lowest BCUT2D eigenvalue weighted by Crippen LogP contribution is -2.52. The summed E-state index contributed by atoms with van der Waals surface area (Å²) in [7, 11) is 1.52. The molecule has 3 atom stereocenters. The van der Waals surface area contributed by atoms with E-state index in [2.05, 4.69) is 25.9 Å². The number of aromatic nitrogens is 4. The minimum absolute atomic E-state index is 0.0258. The maximum Gasteiger partial charge on any atom is 0.316 e. The second-order valence-corrected chi connectivity index (χ2v) is 11.7. The first kappa shape index (κ1) is 29.9. The quantitative estimate of drug-likeness (QED) is 0.335. The highest BCUT2D eigenvalue weighted by molar-refractivity contribution is 6.32. The van der Waals surface area contributed by atoms with Crippen molar-refractivity contribution in [2.24, 2.45) is 24.8 Å². The molecule has 2 aromatic heterocycles. The SMILES string of the molecule is C[C@@H]1CN(c2ncc(Cl)c(Nc3ccc4c(c3)n(CCC(=O)NCC3CCNC3)c(=O)c(=O)n4C)n2)C[C@H](C)C1(F)F. The molecule has 0 spiro atoms. The fourth-order valence-corrected chi connectivity index (χ4v) is 5.75. The van der Waals surface area contributed by atoms with E-state index in [9.17, 15) is 23.2 Å². The first-order valence-electron chi connectivity index (χ1n) is 14.1. The molecule has 2 aliphatic heterocycles. The summed E-state index contributed by atoms with van der Waals surface area (Å²) >= 11 is 6.39. The number of carbonyl (C=O) groups excluding carboxylic acids is 1. The average molecular weight is 605 g/mol. The molecule has 226 valence electrons. The second-order valence-electron chi connectivity index (χ2n) is 11.3. The maximum absolute atomic E-state index is 14.4. The Bertz CT molecular complexity index is 1590. The molecule has 1 amide bonds. The highest BCUT2D eigenvalue weighted by atomic mass is 35.5. The van der Waals surface area contributed by atoms with E-state index >= 15 is 0 Å². The molecule has 0 radical (unpaired) electrons. The molecule has 4 heterocycles. The normalized spacial score (nSPS) is 22.0. The zero-order valence-corrected chi connectivity index (χ0v) is 24.5. The second kappa shape index (κ2) is 12.0. The Labute approximate surface area is 246 Å². The molecule has 14 heteroatoms. The zero-order chi connectivity index (χ0) is 30.2. The molecule has 3 N–H and O–H groups in total. The van der Waals surface area contributed by atoms with Crippen LogP contribution in [0.1, 0.15) is 26.7 Å². The largest absolute Gasteiger partial charge is 0.356 e. The topological polar surface area (TPSA) is 126 Å². The molecule has 0 bridgehead atoms. The molecule has 11 nitrogen and oxygen atoms in total. The molecule has 2 saturated heterocycles. The monoisotopic (exact) mass is 604 g/mol. The molecular formula is C28H35ClF2N8O3. The van der Waals surface area contributed by atoms with Crippen molar-refractivity contribution in [2.75, 3.05) is 42.9 Å². The number of nitrogens with zero attached hydrogens (tertiary/aromatic N) is 5. The Kier molecular flexibility index (Phi) is 8.51. The Hall–Kier alpha value is -3.58. The fraction of sp³-hybridized carbons (Fsp3) is 0.536. The van der Waals surface area contributed by atoms with Crippen LogP contribution >= 0.6 is 11.6 Å². The van der Waals surface area contributed by atoms with Crippen LogP contribution in [0, 0.1) is 17.8 Å². The first-order chi connectivity index (χ1) is 20.0. The smallest absolute Gasteiger partial charge is 0.316 e. The molecule has 2 fully saturated rings. The van der Waals surface area contributed by atoms with E-state index in [1.54, 1.807) is 23.1 Å². The number of fused-ring (bicyclic) bond motifs is 1. The molecule has 0 aliphatic carbocycles. The van der Waals surface area contributed by atoms with Crippen LogP contribution in [0.2, 0.25) is 5.02 Å². The maximum atomic E-state index is 14.4. The minimum atomic E-state index is -2.78. The van der Waals surface area contributed by atoms with Crippen molar-refractivity contribution in [2.45, 2.75) is 39.2 Å². The van der Waals surface area contributed by atoms with E-state index < -0.39 is 28.9 Å². The number of nitrogens with one attached hydrogen (secondary N) is 3. The number of carbonyl (C=O) groups is 1. The Morgan fingerprint density at radius 3 is 2.60 bits per heavy atom. The predicted octanol–water partition coefficient (Wildman–Crippen LogP) is 2.73. The molecule has 3 aromatic rings. The van der Waals surface area contributed by atoms with Gasteiger partial charge >= 0.3 is 11.1 Å². The van der Waals surface area contributed by atoms with Crippen LogP contribution in [-0.2, 0) is 18.4 Å². The molecule has 1 unspecified atom stereocenters. The van der Waals surface area contributed by atoms with Gasteiger partial charge < -0.3 is 30.0 Å². The number of aryl methyl sites for hydroxylation is 2. The standard InChI is InChI=1S/C28H35ClF2N8O3/c1-16-14-38(15-17(2)28(16,30)31)27-34-13-20(29)24(36-27)35-19-4-5-21-22(10-19)39(26(42)25(41)37(21)3)9-7-23(40)33-12-18-6-8-32-11-18/h4-5,10,13,16-18,32H,6-9,11-12,14-15H2,1-3H3,(H,33,40)(H,34,35,36)/t16-,17+,18?. The van der Waals surface area contributed by atoms with E-state index in [-0.39, 0.29) is 48.8 Å². The van der Waals surface area contributed by atoms with Crippen LogP contribution in [-0.4, -0.2) is 63.7 Å². The van der Waals surface area contributed by atoms with E-state index in [0.717, 1.165) is 19.5 Å². The van der Waals surface area contributed by atoms with Crippen LogP contribution in [0.4, 0.5) is 26.2 Å². The van der Waals surface area contributed by atoms with Gasteiger partial charge in [-0.25, -0.2) is 13.8 Å². The van der Waals surface area contributed by atoms with Gasteiger partial charge in [0, 0.05) is 57.2 Å². The summed E-state index contributed by atoms with van der Waals surface area (Å²) in [6, 6.07) is 5.08. The van der Waals surface area contributed by atoms with Crippen LogP contribution in [0.3, 0.4) is 0 Å².